The van der Waals surface area contributed by atoms with Gasteiger partial charge in [-0.25, -0.2) is 4.98 Å². The first kappa shape index (κ1) is 16.1. The van der Waals surface area contributed by atoms with Gasteiger partial charge in [0.15, 0.2) is 0 Å². The number of para-hydroxylation sites is 2. The minimum absolute atomic E-state index is 0.0172. The maximum absolute atomic E-state index is 12.5. The zero-order valence-electron chi connectivity index (χ0n) is 14.2. The molecule has 0 bridgehead atoms. The maximum atomic E-state index is 12.5. The van der Waals surface area contributed by atoms with E-state index >= 15 is 0 Å². The van der Waals surface area contributed by atoms with Gasteiger partial charge in [0.25, 0.3) is 0 Å². The van der Waals surface area contributed by atoms with Crippen molar-refractivity contribution in [1.29, 1.82) is 0 Å². The number of nitrogens with zero attached hydrogens (tertiary/aromatic N) is 4. The van der Waals surface area contributed by atoms with Gasteiger partial charge in [-0.3, -0.25) is 14.5 Å². The fourth-order valence-corrected chi connectivity index (χ4v) is 3.82. The molecule has 2 fully saturated rings. The summed E-state index contributed by atoms with van der Waals surface area (Å²) in [4.78, 5) is 32.4. The highest BCUT2D eigenvalue weighted by Crippen LogP contribution is 2.23. The number of nitrogens with two attached hydrogens (primary N) is 1. The van der Waals surface area contributed by atoms with Crippen LogP contribution < -0.4 is 5.73 Å². The predicted octanol–water partition coefficient (Wildman–Crippen LogP) is 0.444. The van der Waals surface area contributed by atoms with E-state index in [2.05, 4.69) is 9.88 Å². The Morgan fingerprint density at radius 3 is 2.60 bits per heavy atom. The number of imidazole rings is 1. The van der Waals surface area contributed by atoms with Crippen LogP contribution in [0.4, 0.5) is 0 Å². The van der Waals surface area contributed by atoms with Gasteiger partial charge in [0.2, 0.25) is 11.8 Å². The van der Waals surface area contributed by atoms with Crippen LogP contribution in [0.3, 0.4) is 0 Å². The Morgan fingerprint density at radius 1 is 1.16 bits per heavy atom. The highest BCUT2D eigenvalue weighted by atomic mass is 16.2. The van der Waals surface area contributed by atoms with Crippen LogP contribution in [0, 0.1) is 5.92 Å². The second-order valence-corrected chi connectivity index (χ2v) is 7.03. The number of benzene rings is 1. The fourth-order valence-electron chi connectivity index (χ4n) is 3.82. The lowest BCUT2D eigenvalue weighted by Gasteiger charge is -2.47. The minimum atomic E-state index is -0.183. The molecular weight excluding hydrogens is 318 g/mol. The monoisotopic (exact) mass is 341 g/mol. The van der Waals surface area contributed by atoms with Gasteiger partial charge in [-0.05, 0) is 38.1 Å². The molecule has 0 atom stereocenters. The van der Waals surface area contributed by atoms with Gasteiger partial charge in [-0.15, -0.1) is 0 Å². The molecule has 1 aromatic carbocycles. The molecule has 0 saturated carbocycles. The van der Waals surface area contributed by atoms with Crippen molar-refractivity contribution >= 4 is 22.8 Å². The number of primary amides is 1. The molecule has 2 saturated heterocycles. The third kappa shape index (κ3) is 3.11. The molecular formula is C18H23N5O2. The fraction of sp³-hybridized carbons (Fsp3) is 0.500. The quantitative estimate of drug-likeness (QED) is 0.875. The Hall–Kier alpha value is -2.41. The molecule has 7 nitrogen and oxygen atoms in total. The average Bonchev–Trinajstić information content (AvgIpc) is 2.97. The lowest BCUT2D eigenvalue weighted by Crippen LogP contribution is -2.62. The van der Waals surface area contributed by atoms with Gasteiger partial charge in [-0.2, -0.15) is 0 Å². The highest BCUT2D eigenvalue weighted by Gasteiger charge is 2.36. The number of carbonyl (C=O) groups excluding carboxylic acids is 2. The van der Waals surface area contributed by atoms with E-state index in [0.29, 0.717) is 12.6 Å². The van der Waals surface area contributed by atoms with Crippen molar-refractivity contribution in [2.75, 3.05) is 26.2 Å². The van der Waals surface area contributed by atoms with Crippen molar-refractivity contribution in [3.63, 3.8) is 0 Å². The molecule has 2 aliphatic rings. The molecule has 2 N–H and O–H groups in total. The molecule has 4 rings (SSSR count). The molecule has 2 amide bonds. The molecule has 1 aromatic heterocycles. The van der Waals surface area contributed by atoms with Crippen LogP contribution in [0.15, 0.2) is 30.6 Å². The zero-order valence-corrected chi connectivity index (χ0v) is 14.2. The SMILES string of the molecule is NC(=O)C1CCN(C2CN(C(=O)Cn3cnc4ccccc43)C2)CC1. The van der Waals surface area contributed by atoms with Crippen molar-refractivity contribution in [3.8, 4) is 0 Å². The number of amides is 2. The van der Waals surface area contributed by atoms with Crippen molar-refractivity contribution in [2.45, 2.75) is 25.4 Å². The zero-order chi connectivity index (χ0) is 17.4. The number of carbonyl (C=O) groups is 2. The van der Waals surface area contributed by atoms with Gasteiger partial charge in [0.1, 0.15) is 6.54 Å². The third-order valence-corrected chi connectivity index (χ3v) is 5.50. The van der Waals surface area contributed by atoms with Gasteiger partial charge < -0.3 is 15.2 Å². The van der Waals surface area contributed by atoms with E-state index in [1.165, 1.54) is 0 Å². The van der Waals surface area contributed by atoms with Crippen LogP contribution in [0.25, 0.3) is 11.0 Å². The van der Waals surface area contributed by atoms with Crippen LogP contribution in [-0.4, -0.2) is 63.4 Å². The van der Waals surface area contributed by atoms with E-state index in [1.807, 2.05) is 33.7 Å². The van der Waals surface area contributed by atoms with Crippen LogP contribution in [0.5, 0.6) is 0 Å². The summed E-state index contributed by atoms with van der Waals surface area (Å²) in [7, 11) is 0. The average molecular weight is 341 g/mol. The van der Waals surface area contributed by atoms with Crippen molar-refractivity contribution in [2.24, 2.45) is 11.7 Å². The molecule has 25 heavy (non-hydrogen) atoms. The Labute approximate surface area is 146 Å². The smallest absolute Gasteiger partial charge is 0.242 e. The first-order chi connectivity index (χ1) is 12.1. The second-order valence-electron chi connectivity index (χ2n) is 7.03. The number of fused-ring (bicyclic) bond motifs is 1. The molecule has 0 aliphatic carbocycles. The topological polar surface area (TPSA) is 84.5 Å². The van der Waals surface area contributed by atoms with E-state index in [4.69, 9.17) is 5.73 Å². The Balaban J connectivity index is 1.29. The summed E-state index contributed by atoms with van der Waals surface area (Å²) in [5, 5.41) is 0. The summed E-state index contributed by atoms with van der Waals surface area (Å²) in [6.45, 7) is 3.66. The van der Waals surface area contributed by atoms with E-state index < -0.39 is 0 Å². The van der Waals surface area contributed by atoms with Crippen LogP contribution in [0.1, 0.15) is 12.8 Å². The van der Waals surface area contributed by atoms with Gasteiger partial charge in [-0.1, -0.05) is 12.1 Å². The minimum Gasteiger partial charge on any atom is -0.369 e. The van der Waals surface area contributed by atoms with Gasteiger partial charge in [0, 0.05) is 25.0 Å². The number of piperidine rings is 1. The summed E-state index contributed by atoms with van der Waals surface area (Å²) in [5.41, 5.74) is 7.28. The number of rotatable bonds is 4. The first-order valence-electron chi connectivity index (χ1n) is 8.83. The standard InChI is InChI=1S/C18H23N5O2/c19-18(25)13-5-7-21(8-6-13)14-9-22(10-14)17(24)11-23-12-20-15-3-1-2-4-16(15)23/h1-4,12-14H,5-11H2,(H2,19,25). The summed E-state index contributed by atoms with van der Waals surface area (Å²) in [5.74, 6) is -0.0346. The van der Waals surface area contributed by atoms with Crippen LogP contribution in [-0.2, 0) is 16.1 Å². The molecule has 3 heterocycles. The molecule has 0 unspecified atom stereocenters. The molecule has 0 radical (unpaired) electrons. The summed E-state index contributed by atoms with van der Waals surface area (Å²) >= 11 is 0. The van der Waals surface area contributed by atoms with Crippen LogP contribution >= 0.6 is 0 Å². The third-order valence-electron chi connectivity index (χ3n) is 5.50. The lowest BCUT2D eigenvalue weighted by atomic mass is 9.94. The van der Waals surface area contributed by atoms with Crippen molar-refractivity contribution in [3.05, 3.63) is 30.6 Å². The Morgan fingerprint density at radius 2 is 1.88 bits per heavy atom. The molecule has 132 valence electrons. The Kier molecular flexibility index (Phi) is 4.17. The van der Waals surface area contributed by atoms with E-state index in [0.717, 1.165) is 50.1 Å². The second kappa shape index (κ2) is 6.48. The Bertz CT molecular complexity index is 788. The number of hydrogen-bond acceptors (Lipinski definition) is 4. The maximum Gasteiger partial charge on any atom is 0.242 e. The largest absolute Gasteiger partial charge is 0.369 e. The number of likely N-dealkylation sites (tertiary alicyclic amines) is 2. The first-order valence-corrected chi connectivity index (χ1v) is 8.83. The number of aromatic nitrogens is 2. The molecule has 2 aliphatic heterocycles. The van der Waals surface area contributed by atoms with Gasteiger partial charge in [0.05, 0.1) is 17.4 Å². The summed E-state index contributed by atoms with van der Waals surface area (Å²) in [6, 6.07) is 8.25. The van der Waals surface area contributed by atoms with Crippen molar-refractivity contribution < 1.29 is 9.59 Å². The van der Waals surface area contributed by atoms with Crippen molar-refractivity contribution in [1.82, 2.24) is 19.4 Å². The predicted molar refractivity (Wildman–Crippen MR) is 93.6 cm³/mol. The molecule has 7 heteroatoms. The highest BCUT2D eigenvalue weighted by molar-refractivity contribution is 5.81. The molecule has 2 aromatic rings. The van der Waals surface area contributed by atoms with E-state index in [-0.39, 0.29) is 17.7 Å². The normalized spacial score (nSPS) is 19.9. The lowest BCUT2D eigenvalue weighted by molar-refractivity contribution is -0.139. The number of hydrogen-bond donors (Lipinski definition) is 1. The summed E-state index contributed by atoms with van der Waals surface area (Å²) in [6.07, 6.45) is 3.40. The molecule has 0 spiro atoms. The van der Waals surface area contributed by atoms with E-state index in [9.17, 15) is 9.59 Å². The van der Waals surface area contributed by atoms with E-state index in [1.54, 1.807) is 6.33 Å². The summed E-state index contributed by atoms with van der Waals surface area (Å²) < 4.78 is 1.91. The van der Waals surface area contributed by atoms with Crippen LogP contribution in [0.2, 0.25) is 0 Å². The van der Waals surface area contributed by atoms with Gasteiger partial charge >= 0.3 is 0 Å².